The molecule has 0 saturated heterocycles. The van der Waals surface area contributed by atoms with Gasteiger partial charge in [-0.25, -0.2) is 4.79 Å². The molecule has 0 aliphatic carbocycles. The first kappa shape index (κ1) is 17.2. The van der Waals surface area contributed by atoms with Crippen LogP contribution in [0.4, 0.5) is 4.79 Å². The minimum absolute atomic E-state index is 0.0371. The Kier molecular flexibility index (Phi) is 7.55. The molecule has 0 rings (SSSR count). The quantitative estimate of drug-likeness (QED) is 0.694. The highest BCUT2D eigenvalue weighted by Gasteiger charge is 2.22. The Labute approximate surface area is 113 Å². The zero-order valence-electron chi connectivity index (χ0n) is 12.0. The molecule has 0 bridgehead atoms. The lowest BCUT2D eigenvalue weighted by Crippen LogP contribution is -2.47. The van der Waals surface area contributed by atoms with Crippen LogP contribution in [0.3, 0.4) is 0 Å². The second-order valence-corrected chi connectivity index (χ2v) is 4.37. The molecule has 0 aliphatic heterocycles. The number of nitrogens with one attached hydrogen (secondary N) is 1. The molecule has 0 spiro atoms. The zero-order valence-corrected chi connectivity index (χ0v) is 12.0. The number of urea groups is 1. The van der Waals surface area contributed by atoms with Crippen LogP contribution in [0.1, 0.15) is 20.8 Å². The number of carbonyl (C=O) groups excluding carboxylic acids is 2. The van der Waals surface area contributed by atoms with Crippen molar-refractivity contribution < 1.29 is 19.5 Å². The van der Waals surface area contributed by atoms with Crippen LogP contribution >= 0.6 is 0 Å². The van der Waals surface area contributed by atoms with Gasteiger partial charge in [0.1, 0.15) is 6.54 Å². The van der Waals surface area contributed by atoms with Gasteiger partial charge < -0.3 is 20.2 Å². The second-order valence-electron chi connectivity index (χ2n) is 4.37. The van der Waals surface area contributed by atoms with Gasteiger partial charge in [-0.15, -0.1) is 0 Å². The minimum Gasteiger partial charge on any atom is -0.481 e. The third-order valence-corrected chi connectivity index (χ3v) is 2.65. The summed E-state index contributed by atoms with van der Waals surface area (Å²) in [5.74, 6) is -1.82. The summed E-state index contributed by atoms with van der Waals surface area (Å²) in [5.41, 5.74) is 0. The number of amides is 3. The number of hydrogen-bond donors (Lipinski definition) is 2. The zero-order chi connectivity index (χ0) is 15.0. The van der Waals surface area contributed by atoms with Gasteiger partial charge in [0.25, 0.3) is 0 Å². The number of carbonyl (C=O) groups is 3. The molecular weight excluding hydrogens is 250 g/mol. The molecule has 1 atom stereocenters. The fourth-order valence-electron chi connectivity index (χ4n) is 1.53. The number of nitrogens with zero attached hydrogens (tertiary/aromatic N) is 2. The van der Waals surface area contributed by atoms with E-state index in [-0.39, 0.29) is 25.0 Å². The van der Waals surface area contributed by atoms with Crippen molar-refractivity contribution in [3.05, 3.63) is 0 Å². The molecule has 2 N–H and O–H groups in total. The molecule has 0 aromatic rings. The van der Waals surface area contributed by atoms with E-state index in [4.69, 9.17) is 5.11 Å². The number of carboxylic acids is 1. The predicted octanol–water partition coefficient (Wildman–Crippen LogP) is 0.217. The van der Waals surface area contributed by atoms with Crippen LogP contribution < -0.4 is 5.32 Å². The van der Waals surface area contributed by atoms with Crippen molar-refractivity contribution in [1.82, 2.24) is 15.1 Å². The van der Waals surface area contributed by atoms with Crippen LogP contribution in [0.25, 0.3) is 0 Å². The maximum absolute atomic E-state index is 12.1. The second kappa shape index (κ2) is 8.34. The lowest BCUT2D eigenvalue weighted by Gasteiger charge is -2.28. The average molecular weight is 273 g/mol. The van der Waals surface area contributed by atoms with E-state index in [1.165, 1.54) is 16.8 Å². The molecule has 0 aliphatic rings. The summed E-state index contributed by atoms with van der Waals surface area (Å²) in [6, 6.07) is -0.346. The maximum atomic E-state index is 12.1. The van der Waals surface area contributed by atoms with Crippen LogP contribution in [0.15, 0.2) is 0 Å². The van der Waals surface area contributed by atoms with Gasteiger partial charge in [-0.3, -0.25) is 9.59 Å². The van der Waals surface area contributed by atoms with E-state index in [0.29, 0.717) is 13.1 Å². The number of hydrogen-bond acceptors (Lipinski definition) is 3. The van der Waals surface area contributed by atoms with E-state index in [2.05, 4.69) is 5.32 Å². The highest BCUT2D eigenvalue weighted by molar-refractivity contribution is 5.84. The lowest BCUT2D eigenvalue weighted by atomic mass is 10.2. The van der Waals surface area contributed by atoms with Crippen molar-refractivity contribution >= 4 is 17.9 Å². The predicted molar refractivity (Wildman–Crippen MR) is 70.8 cm³/mol. The molecule has 0 saturated carbocycles. The molecule has 3 amide bonds. The fourth-order valence-corrected chi connectivity index (χ4v) is 1.53. The average Bonchev–Trinajstić information content (AvgIpc) is 2.34. The monoisotopic (exact) mass is 273 g/mol. The summed E-state index contributed by atoms with van der Waals surface area (Å²) in [6.45, 7) is 6.11. The van der Waals surface area contributed by atoms with Gasteiger partial charge in [0.05, 0.1) is 5.92 Å². The van der Waals surface area contributed by atoms with Gasteiger partial charge in [-0.1, -0.05) is 6.92 Å². The lowest BCUT2D eigenvalue weighted by molar-refractivity contribution is -0.141. The Bertz CT molecular complexity index is 333. The highest BCUT2D eigenvalue weighted by Crippen LogP contribution is 2.03. The molecule has 0 fully saturated rings. The first-order chi connectivity index (χ1) is 8.83. The van der Waals surface area contributed by atoms with E-state index in [0.717, 1.165) is 0 Å². The molecule has 0 aromatic carbocycles. The number of aliphatic carboxylic acids is 1. The van der Waals surface area contributed by atoms with E-state index < -0.39 is 11.9 Å². The standard InChI is InChI=1S/C12H23N3O4/c1-5-13-10(16)8-14(4)12(19)15(6-2)7-9(3)11(17)18/h9H,5-8H2,1-4H3,(H,13,16)(H,17,18). The Balaban J connectivity index is 4.48. The van der Waals surface area contributed by atoms with Gasteiger partial charge in [0.2, 0.25) is 5.91 Å². The molecule has 110 valence electrons. The Morgan fingerprint density at radius 2 is 1.84 bits per heavy atom. The molecule has 1 unspecified atom stereocenters. The van der Waals surface area contributed by atoms with E-state index in [9.17, 15) is 14.4 Å². The van der Waals surface area contributed by atoms with Crippen molar-refractivity contribution in [2.75, 3.05) is 33.2 Å². The van der Waals surface area contributed by atoms with Gasteiger partial charge in [0.15, 0.2) is 0 Å². The summed E-state index contributed by atoms with van der Waals surface area (Å²) < 4.78 is 0. The summed E-state index contributed by atoms with van der Waals surface area (Å²) in [7, 11) is 1.52. The Morgan fingerprint density at radius 1 is 1.26 bits per heavy atom. The van der Waals surface area contributed by atoms with E-state index >= 15 is 0 Å². The van der Waals surface area contributed by atoms with Crippen LogP contribution in [-0.4, -0.2) is 66.0 Å². The molecule has 0 aromatic heterocycles. The van der Waals surface area contributed by atoms with Gasteiger partial charge in [-0.05, 0) is 13.8 Å². The third-order valence-electron chi connectivity index (χ3n) is 2.65. The highest BCUT2D eigenvalue weighted by atomic mass is 16.4. The minimum atomic E-state index is -0.947. The van der Waals surface area contributed by atoms with Crippen LogP contribution in [0.2, 0.25) is 0 Å². The normalized spacial score (nSPS) is 11.6. The van der Waals surface area contributed by atoms with Crippen molar-refractivity contribution in [3.63, 3.8) is 0 Å². The summed E-state index contributed by atoms with van der Waals surface area (Å²) in [6.07, 6.45) is 0. The summed E-state index contributed by atoms with van der Waals surface area (Å²) in [4.78, 5) is 36.9. The SMILES string of the molecule is CCNC(=O)CN(C)C(=O)N(CC)CC(C)C(=O)O. The van der Waals surface area contributed by atoms with Crippen molar-refractivity contribution in [2.45, 2.75) is 20.8 Å². The molecule has 19 heavy (non-hydrogen) atoms. The topological polar surface area (TPSA) is 90.0 Å². The van der Waals surface area contributed by atoms with Crippen LogP contribution in [-0.2, 0) is 9.59 Å². The van der Waals surface area contributed by atoms with Crippen LogP contribution in [0.5, 0.6) is 0 Å². The molecule has 7 heteroatoms. The van der Waals surface area contributed by atoms with Gasteiger partial charge >= 0.3 is 12.0 Å². The molecule has 7 nitrogen and oxygen atoms in total. The van der Waals surface area contributed by atoms with Crippen molar-refractivity contribution in [2.24, 2.45) is 5.92 Å². The third kappa shape index (κ3) is 6.08. The number of rotatable bonds is 7. The van der Waals surface area contributed by atoms with Crippen molar-refractivity contribution in [1.29, 1.82) is 0 Å². The first-order valence-corrected chi connectivity index (χ1v) is 6.32. The largest absolute Gasteiger partial charge is 0.481 e. The summed E-state index contributed by atoms with van der Waals surface area (Å²) in [5, 5.41) is 11.4. The summed E-state index contributed by atoms with van der Waals surface area (Å²) >= 11 is 0. The Morgan fingerprint density at radius 3 is 2.26 bits per heavy atom. The number of carboxylic acid groups (broad SMARTS) is 1. The van der Waals surface area contributed by atoms with Crippen molar-refractivity contribution in [3.8, 4) is 0 Å². The first-order valence-electron chi connectivity index (χ1n) is 6.32. The molecule has 0 radical (unpaired) electrons. The van der Waals surface area contributed by atoms with E-state index in [1.54, 1.807) is 20.8 Å². The fraction of sp³-hybridized carbons (Fsp3) is 0.750. The smallest absolute Gasteiger partial charge is 0.320 e. The maximum Gasteiger partial charge on any atom is 0.320 e. The van der Waals surface area contributed by atoms with Gasteiger partial charge in [0, 0.05) is 26.7 Å². The number of likely N-dealkylation sites (N-methyl/N-ethyl adjacent to an activating group) is 2. The van der Waals surface area contributed by atoms with Gasteiger partial charge in [-0.2, -0.15) is 0 Å². The van der Waals surface area contributed by atoms with Crippen LogP contribution in [0, 0.1) is 5.92 Å². The molecule has 0 heterocycles. The van der Waals surface area contributed by atoms with E-state index in [1.807, 2.05) is 0 Å². The molecular formula is C12H23N3O4. The Hall–Kier alpha value is -1.79.